The average Bonchev–Trinajstić information content (AvgIpc) is 2.87. The fourth-order valence-electron chi connectivity index (χ4n) is 4.66. The number of hydrogen-bond acceptors (Lipinski definition) is 5. The number of aryl methyl sites for hydroxylation is 1. The van der Waals surface area contributed by atoms with Gasteiger partial charge < -0.3 is 19.5 Å². The molecule has 2 atom stereocenters. The number of aliphatic hydroxyl groups is 1. The zero-order valence-corrected chi connectivity index (χ0v) is 17.2. The number of Topliss-reactive ketones (excluding diaryl/α,β-unsaturated/α-hetero) is 1. The highest BCUT2D eigenvalue weighted by Crippen LogP contribution is 2.25. The molecule has 3 heterocycles. The number of aromatic nitrogens is 1. The van der Waals surface area contributed by atoms with Gasteiger partial charge in [-0.25, -0.2) is 0 Å². The van der Waals surface area contributed by atoms with Crippen LogP contribution >= 0.6 is 0 Å². The molecule has 2 aliphatic rings. The molecule has 0 amide bonds. The van der Waals surface area contributed by atoms with Crippen LogP contribution in [-0.2, 0) is 13.6 Å². The molecule has 1 N–H and O–H groups in total. The van der Waals surface area contributed by atoms with Crippen molar-refractivity contribution < 1.29 is 9.90 Å². The molecule has 1 aromatic heterocycles. The summed E-state index contributed by atoms with van der Waals surface area (Å²) in [5.74, 6) is 1.07. The molecule has 2 aliphatic heterocycles. The molecule has 1 aromatic rings. The summed E-state index contributed by atoms with van der Waals surface area (Å²) in [6, 6.07) is 2.02. The van der Waals surface area contributed by atoms with Crippen LogP contribution < -0.4 is 0 Å². The topological polar surface area (TPSA) is 52.0 Å². The summed E-state index contributed by atoms with van der Waals surface area (Å²) in [5, 5.41) is 9.81. The lowest BCUT2D eigenvalue weighted by Gasteiger charge is -2.39. The van der Waals surface area contributed by atoms with Crippen LogP contribution in [0.1, 0.15) is 35.8 Å². The minimum absolute atomic E-state index is 0.118. The zero-order chi connectivity index (χ0) is 19.4. The third-order valence-electron chi connectivity index (χ3n) is 6.19. The number of piperidine rings is 1. The molecule has 6 heteroatoms. The highest BCUT2D eigenvalue weighted by atomic mass is 16.3. The maximum absolute atomic E-state index is 11.7. The van der Waals surface area contributed by atoms with Crippen molar-refractivity contribution in [3.63, 3.8) is 0 Å². The first-order valence-electron chi connectivity index (χ1n) is 10.3. The van der Waals surface area contributed by atoms with Crippen molar-refractivity contribution in [2.24, 2.45) is 18.9 Å². The largest absolute Gasteiger partial charge is 0.396 e. The Labute approximate surface area is 163 Å². The number of aliphatic hydroxyl groups excluding tert-OH is 1. The van der Waals surface area contributed by atoms with E-state index in [1.54, 1.807) is 6.92 Å². The van der Waals surface area contributed by atoms with Gasteiger partial charge in [0, 0.05) is 70.4 Å². The molecule has 152 valence electrons. The van der Waals surface area contributed by atoms with Gasteiger partial charge in [0.2, 0.25) is 0 Å². The van der Waals surface area contributed by atoms with E-state index in [-0.39, 0.29) is 12.4 Å². The Morgan fingerprint density at radius 2 is 1.89 bits per heavy atom. The molecule has 3 rings (SSSR count). The van der Waals surface area contributed by atoms with Gasteiger partial charge in [0.1, 0.15) is 0 Å². The quantitative estimate of drug-likeness (QED) is 0.759. The van der Waals surface area contributed by atoms with Crippen LogP contribution in [0, 0.1) is 11.8 Å². The number of hydrogen-bond donors (Lipinski definition) is 1. The van der Waals surface area contributed by atoms with Gasteiger partial charge in [0.25, 0.3) is 0 Å². The van der Waals surface area contributed by atoms with Crippen molar-refractivity contribution in [1.29, 1.82) is 0 Å². The number of carbonyl (C=O) groups is 1. The highest BCUT2D eigenvalue weighted by Gasteiger charge is 2.29. The Bertz CT molecular complexity index is 630. The van der Waals surface area contributed by atoms with Gasteiger partial charge in [-0.05, 0) is 57.8 Å². The summed E-state index contributed by atoms with van der Waals surface area (Å²) in [6.07, 6.45) is 4.29. The minimum atomic E-state index is 0.118. The van der Waals surface area contributed by atoms with E-state index < -0.39 is 0 Å². The van der Waals surface area contributed by atoms with Gasteiger partial charge in [-0.1, -0.05) is 0 Å². The third-order valence-corrected chi connectivity index (χ3v) is 6.19. The lowest BCUT2D eigenvalue weighted by atomic mass is 9.89. The van der Waals surface area contributed by atoms with E-state index in [4.69, 9.17) is 0 Å². The maximum atomic E-state index is 11.7. The summed E-state index contributed by atoms with van der Waals surface area (Å²) in [7, 11) is 4.23. The van der Waals surface area contributed by atoms with Crippen molar-refractivity contribution in [3.8, 4) is 0 Å². The Morgan fingerprint density at radius 1 is 1.11 bits per heavy atom. The first-order valence-corrected chi connectivity index (χ1v) is 10.3. The summed E-state index contributed by atoms with van der Waals surface area (Å²) in [5.41, 5.74) is 1.96. The van der Waals surface area contributed by atoms with Crippen molar-refractivity contribution in [2.75, 3.05) is 59.5 Å². The Kier molecular flexibility index (Phi) is 7.09. The van der Waals surface area contributed by atoms with E-state index in [2.05, 4.69) is 26.3 Å². The van der Waals surface area contributed by atoms with Gasteiger partial charge in [0.05, 0.1) is 0 Å². The first-order chi connectivity index (χ1) is 12.9. The number of ketones is 1. The van der Waals surface area contributed by atoms with Gasteiger partial charge in [0.15, 0.2) is 5.78 Å². The van der Waals surface area contributed by atoms with Crippen LogP contribution in [-0.4, -0.2) is 89.6 Å². The number of nitrogens with zero attached hydrogens (tertiary/aromatic N) is 4. The standard InChI is InChI=1S/C21H36N4O2/c1-17(27)20-10-21(23(3)14-20)15-25-12-18(9-19(13-25)16-26)11-24-6-4-5-22(2)7-8-24/h10,14,18-19,26H,4-9,11-13,15-16H2,1-3H3/t18-,19+/m1/s1. The normalized spacial score (nSPS) is 26.2. The number of rotatable bonds is 6. The lowest BCUT2D eigenvalue weighted by molar-refractivity contribution is 0.0616. The Balaban J connectivity index is 1.61. The van der Waals surface area contributed by atoms with Crippen LogP contribution in [0.15, 0.2) is 12.3 Å². The molecule has 0 aromatic carbocycles. The molecule has 0 aliphatic carbocycles. The van der Waals surface area contributed by atoms with Gasteiger partial charge >= 0.3 is 0 Å². The number of likely N-dealkylation sites (N-methyl/N-ethyl adjacent to an activating group) is 1. The molecule has 0 unspecified atom stereocenters. The maximum Gasteiger partial charge on any atom is 0.161 e. The summed E-state index contributed by atoms with van der Waals surface area (Å²) < 4.78 is 2.07. The predicted octanol–water partition coefficient (Wildman–Crippen LogP) is 1.30. The molecule has 0 spiro atoms. The second-order valence-corrected chi connectivity index (χ2v) is 8.69. The molecule has 27 heavy (non-hydrogen) atoms. The van der Waals surface area contributed by atoms with E-state index >= 15 is 0 Å². The predicted molar refractivity (Wildman–Crippen MR) is 108 cm³/mol. The van der Waals surface area contributed by atoms with Crippen molar-refractivity contribution in [1.82, 2.24) is 19.3 Å². The second kappa shape index (κ2) is 9.32. The van der Waals surface area contributed by atoms with E-state index in [0.29, 0.717) is 11.8 Å². The van der Waals surface area contributed by atoms with Crippen LogP contribution in [0.5, 0.6) is 0 Å². The summed E-state index contributed by atoms with van der Waals surface area (Å²) in [6.45, 7) is 10.6. The molecular weight excluding hydrogens is 340 g/mol. The number of carbonyl (C=O) groups excluding carboxylic acids is 1. The van der Waals surface area contributed by atoms with Crippen LogP contribution in [0.3, 0.4) is 0 Å². The second-order valence-electron chi connectivity index (χ2n) is 8.69. The molecular formula is C21H36N4O2. The van der Waals surface area contributed by atoms with Crippen LogP contribution in [0.25, 0.3) is 0 Å². The zero-order valence-electron chi connectivity index (χ0n) is 17.2. The van der Waals surface area contributed by atoms with Crippen LogP contribution in [0.2, 0.25) is 0 Å². The summed E-state index contributed by atoms with van der Waals surface area (Å²) in [4.78, 5) is 19.2. The molecule has 2 fully saturated rings. The van der Waals surface area contributed by atoms with Crippen LogP contribution in [0.4, 0.5) is 0 Å². The third kappa shape index (κ3) is 5.64. The summed E-state index contributed by atoms with van der Waals surface area (Å²) >= 11 is 0. The fourth-order valence-corrected chi connectivity index (χ4v) is 4.66. The number of likely N-dealkylation sites (tertiary alicyclic amines) is 1. The van der Waals surface area contributed by atoms with Crippen molar-refractivity contribution >= 4 is 5.78 Å². The molecule has 0 radical (unpaired) electrons. The molecule has 0 saturated carbocycles. The smallest absolute Gasteiger partial charge is 0.161 e. The average molecular weight is 377 g/mol. The van der Waals surface area contributed by atoms with E-state index in [1.165, 1.54) is 25.2 Å². The van der Waals surface area contributed by atoms with Crippen molar-refractivity contribution in [3.05, 3.63) is 23.5 Å². The van der Waals surface area contributed by atoms with Gasteiger partial charge in [-0.15, -0.1) is 0 Å². The minimum Gasteiger partial charge on any atom is -0.396 e. The monoisotopic (exact) mass is 376 g/mol. The lowest BCUT2D eigenvalue weighted by Crippen LogP contribution is -2.45. The molecule has 2 saturated heterocycles. The van der Waals surface area contributed by atoms with Gasteiger partial charge in [-0.3, -0.25) is 9.69 Å². The SMILES string of the molecule is CC(=O)c1cc(CN2C[C@@H](CN3CCCN(C)CC3)C[C@H](CO)C2)n(C)c1. The van der Waals surface area contributed by atoms with E-state index in [9.17, 15) is 9.90 Å². The Hall–Kier alpha value is -1.21. The molecule has 6 nitrogen and oxygen atoms in total. The van der Waals surface area contributed by atoms with E-state index in [1.807, 2.05) is 19.3 Å². The van der Waals surface area contributed by atoms with Crippen molar-refractivity contribution in [2.45, 2.75) is 26.3 Å². The van der Waals surface area contributed by atoms with E-state index in [0.717, 1.165) is 51.3 Å². The van der Waals surface area contributed by atoms with Gasteiger partial charge in [-0.2, -0.15) is 0 Å². The first kappa shape index (κ1) is 20.5. The fraction of sp³-hybridized carbons (Fsp3) is 0.762. The Morgan fingerprint density at radius 3 is 2.59 bits per heavy atom. The highest BCUT2D eigenvalue weighted by molar-refractivity contribution is 5.94. The molecule has 0 bridgehead atoms.